The van der Waals surface area contributed by atoms with Crippen molar-refractivity contribution >= 4 is 11.9 Å². The number of benzene rings is 2. The number of rotatable bonds is 5. The molecule has 2 rings (SSSR count). The van der Waals surface area contributed by atoms with Gasteiger partial charge in [-0.2, -0.15) is 0 Å². The number of carbonyl (C=O) groups excluding carboxylic acids is 1. The van der Waals surface area contributed by atoms with Gasteiger partial charge in [0, 0.05) is 12.0 Å². The molecule has 21 heavy (non-hydrogen) atoms. The molecule has 2 aromatic carbocycles. The van der Waals surface area contributed by atoms with Gasteiger partial charge in [0.15, 0.2) is 0 Å². The summed E-state index contributed by atoms with van der Waals surface area (Å²) in [6.45, 7) is 1.95. The van der Waals surface area contributed by atoms with Crippen LogP contribution in [0.4, 0.5) is 0 Å². The van der Waals surface area contributed by atoms with Crippen molar-refractivity contribution in [2.75, 3.05) is 0 Å². The minimum absolute atomic E-state index is 0.260. The number of hydrogen-bond acceptors (Lipinski definition) is 2. The van der Waals surface area contributed by atoms with Gasteiger partial charge in [0.1, 0.15) is 6.04 Å². The zero-order chi connectivity index (χ0) is 15.2. The van der Waals surface area contributed by atoms with Crippen molar-refractivity contribution in [1.29, 1.82) is 0 Å². The van der Waals surface area contributed by atoms with Crippen LogP contribution < -0.4 is 5.32 Å². The van der Waals surface area contributed by atoms with Gasteiger partial charge in [-0.3, -0.25) is 4.79 Å². The number of nitrogens with one attached hydrogen (secondary N) is 1. The van der Waals surface area contributed by atoms with Crippen molar-refractivity contribution in [2.24, 2.45) is 0 Å². The highest BCUT2D eigenvalue weighted by atomic mass is 16.4. The molecule has 4 heteroatoms. The number of carboxylic acid groups (broad SMARTS) is 1. The highest BCUT2D eigenvalue weighted by Gasteiger charge is 2.21. The monoisotopic (exact) mass is 283 g/mol. The molecule has 2 aromatic rings. The van der Waals surface area contributed by atoms with Gasteiger partial charge in [0.2, 0.25) is 0 Å². The SMILES string of the molecule is Cc1cccc(C[C@H](NC(=O)c2ccccc2)C(=O)O)c1. The summed E-state index contributed by atoms with van der Waals surface area (Å²) in [6, 6.07) is 15.3. The molecule has 0 aliphatic rings. The van der Waals surface area contributed by atoms with Crippen LogP contribution in [0.5, 0.6) is 0 Å². The van der Waals surface area contributed by atoms with Gasteiger partial charge in [-0.1, -0.05) is 48.0 Å². The maximum atomic E-state index is 12.0. The summed E-state index contributed by atoms with van der Waals surface area (Å²) in [5.41, 5.74) is 2.40. The van der Waals surface area contributed by atoms with E-state index in [1.807, 2.05) is 31.2 Å². The predicted octanol–water partition coefficient (Wildman–Crippen LogP) is 2.42. The van der Waals surface area contributed by atoms with Gasteiger partial charge in [-0.15, -0.1) is 0 Å². The average molecular weight is 283 g/mol. The maximum absolute atomic E-state index is 12.0. The van der Waals surface area contributed by atoms with Crippen molar-refractivity contribution in [3.05, 3.63) is 71.3 Å². The topological polar surface area (TPSA) is 66.4 Å². The van der Waals surface area contributed by atoms with Gasteiger partial charge in [0.25, 0.3) is 5.91 Å². The molecule has 108 valence electrons. The van der Waals surface area contributed by atoms with E-state index < -0.39 is 12.0 Å². The number of amides is 1. The Bertz CT molecular complexity index is 637. The zero-order valence-electron chi connectivity index (χ0n) is 11.7. The van der Waals surface area contributed by atoms with Crippen LogP contribution in [0.2, 0.25) is 0 Å². The fraction of sp³-hybridized carbons (Fsp3) is 0.176. The van der Waals surface area contributed by atoms with E-state index in [1.54, 1.807) is 30.3 Å². The van der Waals surface area contributed by atoms with Crippen molar-refractivity contribution < 1.29 is 14.7 Å². The molecule has 0 spiro atoms. The van der Waals surface area contributed by atoms with Crippen LogP contribution in [-0.4, -0.2) is 23.0 Å². The van der Waals surface area contributed by atoms with Crippen LogP contribution in [-0.2, 0) is 11.2 Å². The Balaban J connectivity index is 2.09. The zero-order valence-corrected chi connectivity index (χ0v) is 11.7. The van der Waals surface area contributed by atoms with Crippen LogP contribution >= 0.6 is 0 Å². The molecule has 0 fully saturated rings. The second kappa shape index (κ2) is 6.70. The van der Waals surface area contributed by atoms with E-state index in [1.165, 1.54) is 0 Å². The standard InChI is InChI=1S/C17H17NO3/c1-12-6-5-7-13(10-12)11-15(17(20)21)18-16(19)14-8-3-2-4-9-14/h2-10,15H,11H2,1H3,(H,18,19)(H,20,21)/t15-/m0/s1. The molecule has 4 nitrogen and oxygen atoms in total. The molecule has 1 amide bonds. The lowest BCUT2D eigenvalue weighted by Crippen LogP contribution is -2.42. The quantitative estimate of drug-likeness (QED) is 0.885. The first-order valence-corrected chi connectivity index (χ1v) is 6.70. The Morgan fingerprint density at radius 1 is 1.10 bits per heavy atom. The Morgan fingerprint density at radius 2 is 1.81 bits per heavy atom. The molecule has 0 aromatic heterocycles. The average Bonchev–Trinajstić information content (AvgIpc) is 2.47. The maximum Gasteiger partial charge on any atom is 0.326 e. The van der Waals surface area contributed by atoms with E-state index in [0.29, 0.717) is 5.56 Å². The number of hydrogen-bond donors (Lipinski definition) is 2. The molecule has 0 bridgehead atoms. The first-order chi connectivity index (χ1) is 10.1. The second-order valence-corrected chi connectivity index (χ2v) is 4.92. The third-order valence-corrected chi connectivity index (χ3v) is 3.16. The number of carboxylic acids is 1. The molecule has 0 saturated carbocycles. The largest absolute Gasteiger partial charge is 0.480 e. The van der Waals surface area contributed by atoms with Crippen LogP contribution in [0, 0.1) is 6.92 Å². The predicted molar refractivity (Wildman–Crippen MR) is 80.2 cm³/mol. The minimum Gasteiger partial charge on any atom is -0.480 e. The molecule has 0 heterocycles. The van der Waals surface area contributed by atoms with E-state index in [4.69, 9.17) is 0 Å². The Kier molecular flexibility index (Phi) is 4.72. The molecule has 1 atom stereocenters. The summed E-state index contributed by atoms with van der Waals surface area (Å²) in [4.78, 5) is 23.4. The lowest BCUT2D eigenvalue weighted by atomic mass is 10.0. The fourth-order valence-electron chi connectivity index (χ4n) is 2.11. The second-order valence-electron chi connectivity index (χ2n) is 4.92. The van der Waals surface area contributed by atoms with E-state index in [-0.39, 0.29) is 12.3 Å². The van der Waals surface area contributed by atoms with Gasteiger partial charge in [0.05, 0.1) is 0 Å². The van der Waals surface area contributed by atoms with Crippen molar-refractivity contribution in [3.8, 4) is 0 Å². The molecule has 0 aliphatic carbocycles. The summed E-state index contributed by atoms with van der Waals surface area (Å²) < 4.78 is 0. The van der Waals surface area contributed by atoms with Crippen LogP contribution in [0.3, 0.4) is 0 Å². The number of aryl methyl sites for hydroxylation is 1. The summed E-state index contributed by atoms with van der Waals surface area (Å²) in [7, 11) is 0. The number of aliphatic carboxylic acids is 1. The van der Waals surface area contributed by atoms with Crippen LogP contribution in [0.15, 0.2) is 54.6 Å². The van der Waals surface area contributed by atoms with E-state index in [9.17, 15) is 14.7 Å². The van der Waals surface area contributed by atoms with Crippen molar-refractivity contribution in [3.63, 3.8) is 0 Å². The summed E-state index contributed by atoms with van der Waals surface area (Å²) >= 11 is 0. The molecule has 0 unspecified atom stereocenters. The van der Waals surface area contributed by atoms with E-state index in [0.717, 1.165) is 11.1 Å². The summed E-state index contributed by atoms with van der Waals surface area (Å²) in [5.74, 6) is -1.42. The Morgan fingerprint density at radius 3 is 2.43 bits per heavy atom. The lowest BCUT2D eigenvalue weighted by Gasteiger charge is -2.15. The van der Waals surface area contributed by atoms with Crippen LogP contribution in [0.1, 0.15) is 21.5 Å². The number of carbonyl (C=O) groups is 2. The highest BCUT2D eigenvalue weighted by Crippen LogP contribution is 2.08. The van der Waals surface area contributed by atoms with E-state index in [2.05, 4.69) is 5.32 Å². The first-order valence-electron chi connectivity index (χ1n) is 6.70. The first kappa shape index (κ1) is 14.8. The van der Waals surface area contributed by atoms with E-state index >= 15 is 0 Å². The molecule has 2 N–H and O–H groups in total. The third kappa shape index (κ3) is 4.18. The van der Waals surface area contributed by atoms with Gasteiger partial charge in [-0.05, 0) is 24.6 Å². The Hall–Kier alpha value is -2.62. The normalized spacial score (nSPS) is 11.7. The third-order valence-electron chi connectivity index (χ3n) is 3.16. The Labute approximate surface area is 123 Å². The van der Waals surface area contributed by atoms with Gasteiger partial charge in [-0.25, -0.2) is 4.79 Å². The molecule has 0 saturated heterocycles. The molecular weight excluding hydrogens is 266 g/mol. The minimum atomic E-state index is -1.04. The summed E-state index contributed by atoms with van der Waals surface area (Å²) in [5, 5.41) is 11.8. The molecule has 0 radical (unpaired) electrons. The van der Waals surface area contributed by atoms with Crippen molar-refractivity contribution in [1.82, 2.24) is 5.32 Å². The lowest BCUT2D eigenvalue weighted by molar-refractivity contribution is -0.139. The molecular formula is C17H17NO3. The van der Waals surface area contributed by atoms with Gasteiger partial charge >= 0.3 is 5.97 Å². The van der Waals surface area contributed by atoms with Crippen LogP contribution in [0.25, 0.3) is 0 Å². The van der Waals surface area contributed by atoms with Gasteiger partial charge < -0.3 is 10.4 Å². The highest BCUT2D eigenvalue weighted by molar-refractivity contribution is 5.96. The molecule has 0 aliphatic heterocycles. The van der Waals surface area contributed by atoms with Crippen molar-refractivity contribution in [2.45, 2.75) is 19.4 Å². The smallest absolute Gasteiger partial charge is 0.326 e. The fourth-order valence-corrected chi connectivity index (χ4v) is 2.11. The summed E-state index contributed by atoms with van der Waals surface area (Å²) in [6.07, 6.45) is 0.260.